The van der Waals surface area contributed by atoms with Crippen LogP contribution in [0.5, 0.6) is 0 Å². The minimum atomic E-state index is -3.24. The molecule has 1 aliphatic carbocycles. The van der Waals surface area contributed by atoms with Gasteiger partial charge in [-0.15, -0.1) is 0 Å². The Labute approximate surface area is 103 Å². The van der Waals surface area contributed by atoms with Crippen LogP contribution in [-0.2, 0) is 11.2 Å². The van der Waals surface area contributed by atoms with Crippen molar-refractivity contribution in [2.24, 2.45) is 0 Å². The van der Waals surface area contributed by atoms with Gasteiger partial charge in [-0.25, -0.2) is 4.68 Å². The van der Waals surface area contributed by atoms with Crippen molar-refractivity contribution in [3.8, 4) is 0 Å². The van der Waals surface area contributed by atoms with E-state index in [2.05, 4.69) is 5.10 Å². The van der Waals surface area contributed by atoms with Crippen molar-refractivity contribution in [1.29, 1.82) is 0 Å². The molecular formula is C12H14F2N2O2. The molecule has 0 N–H and O–H groups in total. The molecule has 1 aromatic heterocycles. The molecule has 0 spiro atoms. The molecule has 18 heavy (non-hydrogen) atoms. The van der Waals surface area contributed by atoms with Crippen LogP contribution in [-0.4, -0.2) is 28.1 Å². The summed E-state index contributed by atoms with van der Waals surface area (Å²) in [4.78, 5) is 11.6. The number of nitrogens with zero attached hydrogens (tertiary/aromatic N) is 2. The van der Waals surface area contributed by atoms with Gasteiger partial charge in [-0.3, -0.25) is 4.79 Å². The summed E-state index contributed by atoms with van der Waals surface area (Å²) < 4.78 is 33.8. The molecule has 0 aromatic carbocycles. The van der Waals surface area contributed by atoms with Gasteiger partial charge >= 0.3 is 5.92 Å². The van der Waals surface area contributed by atoms with Gasteiger partial charge in [0, 0.05) is 13.0 Å². The molecule has 3 rings (SSSR count). The maximum atomic E-state index is 13.3. The van der Waals surface area contributed by atoms with Gasteiger partial charge in [0.05, 0.1) is 17.5 Å². The van der Waals surface area contributed by atoms with Gasteiger partial charge in [0.1, 0.15) is 6.23 Å². The number of Topliss-reactive ketones (excluding diaryl/α,β-unsaturated/α-hetero) is 1. The molecule has 98 valence electrons. The van der Waals surface area contributed by atoms with E-state index in [1.807, 2.05) is 0 Å². The molecule has 1 atom stereocenters. The van der Waals surface area contributed by atoms with Crippen molar-refractivity contribution in [1.82, 2.24) is 9.78 Å². The van der Waals surface area contributed by atoms with Crippen LogP contribution in [0, 0.1) is 0 Å². The number of carbonyl (C=O) groups excluding carboxylic acids is 1. The zero-order chi connectivity index (χ0) is 12.8. The smallest absolute Gasteiger partial charge is 0.310 e. The Morgan fingerprint density at radius 2 is 2.28 bits per heavy atom. The summed E-state index contributed by atoms with van der Waals surface area (Å²) in [6.07, 6.45) is 3.65. The first-order chi connectivity index (χ1) is 8.59. The van der Waals surface area contributed by atoms with Crippen molar-refractivity contribution in [3.63, 3.8) is 0 Å². The lowest BCUT2D eigenvalue weighted by Crippen LogP contribution is -2.35. The fraction of sp³-hybridized carbons (Fsp3) is 0.667. The minimum Gasteiger partial charge on any atom is -0.357 e. The van der Waals surface area contributed by atoms with Crippen LogP contribution in [0.1, 0.15) is 48.0 Å². The fourth-order valence-corrected chi connectivity index (χ4v) is 2.58. The number of carbonyl (C=O) groups is 1. The number of halogens is 2. The SMILES string of the molecule is O=C1c2cnn(C3CCCCO3)c2CCC1(F)F. The third kappa shape index (κ3) is 1.75. The zero-order valence-corrected chi connectivity index (χ0v) is 9.86. The second kappa shape index (κ2) is 4.12. The van der Waals surface area contributed by atoms with Crippen LogP contribution < -0.4 is 0 Å². The van der Waals surface area contributed by atoms with Gasteiger partial charge in [0.2, 0.25) is 5.78 Å². The summed E-state index contributed by atoms with van der Waals surface area (Å²) in [5.74, 6) is -4.35. The molecule has 2 heterocycles. The number of hydrogen-bond acceptors (Lipinski definition) is 3. The quantitative estimate of drug-likeness (QED) is 0.774. The van der Waals surface area contributed by atoms with E-state index in [0.717, 1.165) is 19.3 Å². The normalized spacial score (nSPS) is 27.0. The second-order valence-corrected chi connectivity index (χ2v) is 4.80. The monoisotopic (exact) mass is 256 g/mol. The minimum absolute atomic E-state index is 0.0559. The lowest BCUT2D eigenvalue weighted by Gasteiger charge is -2.27. The zero-order valence-electron chi connectivity index (χ0n) is 9.86. The summed E-state index contributed by atoms with van der Waals surface area (Å²) in [5, 5.41) is 4.07. The predicted octanol–water partition coefficient (Wildman–Crippen LogP) is 2.35. The number of rotatable bonds is 1. The van der Waals surface area contributed by atoms with Crippen LogP contribution in [0.3, 0.4) is 0 Å². The van der Waals surface area contributed by atoms with E-state index in [1.54, 1.807) is 4.68 Å². The number of aromatic nitrogens is 2. The van der Waals surface area contributed by atoms with Crippen LogP contribution >= 0.6 is 0 Å². The number of ketones is 1. The Balaban J connectivity index is 1.94. The Morgan fingerprint density at radius 3 is 3.00 bits per heavy atom. The average Bonchev–Trinajstić information content (AvgIpc) is 2.79. The standard InChI is InChI=1S/C12H14F2N2O2/c13-12(14)5-4-9-8(11(12)17)7-15-16(9)10-3-1-2-6-18-10/h7,10H,1-6H2. The van der Waals surface area contributed by atoms with Gasteiger partial charge in [-0.1, -0.05) is 0 Å². The number of alkyl halides is 2. The van der Waals surface area contributed by atoms with E-state index in [0.29, 0.717) is 12.3 Å². The highest BCUT2D eigenvalue weighted by Gasteiger charge is 2.45. The Kier molecular flexibility index (Phi) is 2.69. The molecule has 1 saturated heterocycles. The fourth-order valence-electron chi connectivity index (χ4n) is 2.58. The van der Waals surface area contributed by atoms with Crippen molar-refractivity contribution in [2.75, 3.05) is 6.61 Å². The summed E-state index contributed by atoms with van der Waals surface area (Å²) in [6.45, 7) is 0.656. The summed E-state index contributed by atoms with van der Waals surface area (Å²) in [7, 11) is 0. The van der Waals surface area contributed by atoms with E-state index < -0.39 is 18.1 Å². The number of ether oxygens (including phenoxy) is 1. The van der Waals surface area contributed by atoms with E-state index in [1.165, 1.54) is 6.20 Å². The Morgan fingerprint density at radius 1 is 1.44 bits per heavy atom. The topological polar surface area (TPSA) is 44.1 Å². The molecule has 4 nitrogen and oxygen atoms in total. The molecule has 2 aliphatic rings. The third-order valence-electron chi connectivity index (χ3n) is 3.58. The van der Waals surface area contributed by atoms with Gasteiger partial charge in [-0.2, -0.15) is 13.9 Å². The highest BCUT2D eigenvalue weighted by Crippen LogP contribution is 2.35. The van der Waals surface area contributed by atoms with Gasteiger partial charge in [0.25, 0.3) is 0 Å². The van der Waals surface area contributed by atoms with Crippen molar-refractivity contribution >= 4 is 5.78 Å². The number of fused-ring (bicyclic) bond motifs is 1. The van der Waals surface area contributed by atoms with Crippen molar-refractivity contribution in [3.05, 3.63) is 17.5 Å². The largest absolute Gasteiger partial charge is 0.357 e. The first kappa shape index (κ1) is 11.8. The maximum Gasteiger partial charge on any atom is 0.310 e. The molecule has 1 aliphatic heterocycles. The predicted molar refractivity (Wildman–Crippen MR) is 58.7 cm³/mol. The highest BCUT2D eigenvalue weighted by molar-refractivity contribution is 6.03. The average molecular weight is 256 g/mol. The lowest BCUT2D eigenvalue weighted by molar-refractivity contribution is -0.0427. The molecule has 6 heteroatoms. The molecule has 1 fully saturated rings. The molecule has 0 bridgehead atoms. The molecule has 0 radical (unpaired) electrons. The van der Waals surface area contributed by atoms with Crippen LogP contribution in [0.15, 0.2) is 6.20 Å². The maximum absolute atomic E-state index is 13.3. The first-order valence-electron chi connectivity index (χ1n) is 6.20. The number of hydrogen-bond donors (Lipinski definition) is 0. The van der Waals surface area contributed by atoms with Crippen LogP contribution in [0.2, 0.25) is 0 Å². The molecular weight excluding hydrogens is 242 g/mol. The van der Waals surface area contributed by atoms with E-state index in [-0.39, 0.29) is 18.2 Å². The summed E-state index contributed by atoms with van der Waals surface area (Å²) >= 11 is 0. The lowest BCUT2D eigenvalue weighted by atomic mass is 9.93. The summed E-state index contributed by atoms with van der Waals surface area (Å²) in [6, 6.07) is 0. The highest BCUT2D eigenvalue weighted by atomic mass is 19.3. The first-order valence-corrected chi connectivity index (χ1v) is 6.20. The Hall–Kier alpha value is -1.30. The van der Waals surface area contributed by atoms with Gasteiger partial charge < -0.3 is 4.74 Å². The summed E-state index contributed by atoms with van der Waals surface area (Å²) in [5.41, 5.74) is 0.651. The molecule has 1 unspecified atom stereocenters. The van der Waals surface area contributed by atoms with E-state index >= 15 is 0 Å². The molecule has 0 saturated carbocycles. The van der Waals surface area contributed by atoms with Gasteiger partial charge in [-0.05, 0) is 25.7 Å². The van der Waals surface area contributed by atoms with E-state index in [9.17, 15) is 13.6 Å². The van der Waals surface area contributed by atoms with Crippen molar-refractivity contribution < 1.29 is 18.3 Å². The molecule has 0 amide bonds. The van der Waals surface area contributed by atoms with Crippen molar-refractivity contribution in [2.45, 2.75) is 44.3 Å². The third-order valence-corrected chi connectivity index (χ3v) is 3.58. The Bertz CT molecular complexity index is 478. The van der Waals surface area contributed by atoms with Gasteiger partial charge in [0.15, 0.2) is 0 Å². The second-order valence-electron chi connectivity index (χ2n) is 4.80. The van der Waals surface area contributed by atoms with E-state index in [4.69, 9.17) is 4.74 Å². The van der Waals surface area contributed by atoms with Crippen LogP contribution in [0.25, 0.3) is 0 Å². The molecule has 1 aromatic rings. The van der Waals surface area contributed by atoms with Crippen LogP contribution in [0.4, 0.5) is 8.78 Å².